The second kappa shape index (κ2) is 5.60. The van der Waals surface area contributed by atoms with Crippen LogP contribution in [0.2, 0.25) is 0 Å². The predicted octanol–water partition coefficient (Wildman–Crippen LogP) is 4.98. The van der Waals surface area contributed by atoms with Crippen molar-refractivity contribution in [3.8, 4) is 5.75 Å². The molecular weight excluding hydrogens is 220 g/mol. The van der Waals surface area contributed by atoms with Gasteiger partial charge in [0.25, 0.3) is 0 Å². The molecule has 0 heterocycles. The number of hydrogen-bond acceptors (Lipinski definition) is 1. The fourth-order valence-corrected chi connectivity index (χ4v) is 2.33. The van der Waals surface area contributed by atoms with E-state index in [4.69, 9.17) is 4.74 Å². The summed E-state index contributed by atoms with van der Waals surface area (Å²) < 4.78 is 5.69. The van der Waals surface area contributed by atoms with Crippen LogP contribution in [0.3, 0.4) is 0 Å². The zero-order chi connectivity index (χ0) is 13.9. The van der Waals surface area contributed by atoms with Crippen LogP contribution in [0.5, 0.6) is 5.75 Å². The summed E-state index contributed by atoms with van der Waals surface area (Å²) in [5, 5.41) is 0. The zero-order valence-corrected chi connectivity index (χ0v) is 12.6. The lowest BCUT2D eigenvalue weighted by Gasteiger charge is -2.26. The van der Waals surface area contributed by atoms with E-state index in [1.807, 2.05) is 6.08 Å². The second-order valence-corrected chi connectivity index (χ2v) is 6.11. The maximum absolute atomic E-state index is 5.69. The van der Waals surface area contributed by atoms with Crippen LogP contribution in [-0.4, -0.2) is 7.11 Å². The Morgan fingerprint density at radius 1 is 1.33 bits per heavy atom. The molecule has 0 saturated carbocycles. The molecule has 0 spiro atoms. The normalized spacial score (nSPS) is 13.2. The van der Waals surface area contributed by atoms with Gasteiger partial charge in [-0.05, 0) is 30.2 Å². The highest BCUT2D eigenvalue weighted by Crippen LogP contribution is 2.39. The van der Waals surface area contributed by atoms with Crippen molar-refractivity contribution in [3.63, 3.8) is 0 Å². The van der Waals surface area contributed by atoms with E-state index in [1.54, 1.807) is 7.11 Å². The Balaban J connectivity index is 3.42. The molecule has 1 rings (SSSR count). The van der Waals surface area contributed by atoms with Crippen molar-refractivity contribution in [1.29, 1.82) is 0 Å². The molecule has 1 unspecified atom stereocenters. The van der Waals surface area contributed by atoms with E-state index < -0.39 is 0 Å². The highest BCUT2D eigenvalue weighted by Gasteiger charge is 2.23. The first-order valence-electron chi connectivity index (χ1n) is 6.61. The van der Waals surface area contributed by atoms with Gasteiger partial charge < -0.3 is 4.74 Å². The summed E-state index contributed by atoms with van der Waals surface area (Å²) in [6.45, 7) is 14.9. The monoisotopic (exact) mass is 246 g/mol. The number of aryl methyl sites for hydroxylation is 1. The number of hydrogen-bond donors (Lipinski definition) is 0. The molecule has 0 fully saturated rings. The van der Waals surface area contributed by atoms with Gasteiger partial charge in [-0.3, -0.25) is 0 Å². The summed E-state index contributed by atoms with van der Waals surface area (Å²) in [6.07, 6.45) is 2.95. The van der Waals surface area contributed by atoms with Crippen LogP contribution in [0.1, 0.15) is 56.7 Å². The lowest BCUT2D eigenvalue weighted by atomic mass is 9.82. The minimum atomic E-state index is 0.0972. The average molecular weight is 246 g/mol. The molecule has 1 aromatic rings. The van der Waals surface area contributed by atoms with Gasteiger partial charge in [0.15, 0.2) is 0 Å². The third-order valence-corrected chi connectivity index (χ3v) is 3.33. The number of rotatable bonds is 4. The van der Waals surface area contributed by atoms with Crippen LogP contribution in [0.4, 0.5) is 0 Å². The molecule has 1 atom stereocenters. The van der Waals surface area contributed by atoms with Crippen LogP contribution in [0, 0.1) is 6.92 Å². The maximum Gasteiger partial charge on any atom is 0.126 e. The van der Waals surface area contributed by atoms with Gasteiger partial charge in [-0.2, -0.15) is 0 Å². The Bertz CT molecular complexity index is 424. The fourth-order valence-electron chi connectivity index (χ4n) is 2.33. The topological polar surface area (TPSA) is 9.23 Å². The highest BCUT2D eigenvalue weighted by molar-refractivity contribution is 5.49. The third kappa shape index (κ3) is 3.16. The van der Waals surface area contributed by atoms with Gasteiger partial charge in [-0.1, -0.05) is 51.5 Å². The molecule has 1 nitrogen and oxygen atoms in total. The molecular formula is C17H26O. The molecule has 0 saturated heterocycles. The van der Waals surface area contributed by atoms with E-state index in [-0.39, 0.29) is 5.41 Å². The van der Waals surface area contributed by atoms with Crippen LogP contribution >= 0.6 is 0 Å². The molecule has 18 heavy (non-hydrogen) atoms. The second-order valence-electron chi connectivity index (χ2n) is 6.11. The van der Waals surface area contributed by atoms with Crippen LogP contribution in [-0.2, 0) is 5.41 Å². The standard InChI is InChI=1S/C17H26O/c1-8-9-13(3)14-10-12(2)11-15(16(14)18-7)17(4,5)6/h8,10-11,13H,1,9H2,2-7H3. The molecule has 0 aliphatic heterocycles. The minimum Gasteiger partial charge on any atom is -0.496 e. The van der Waals surface area contributed by atoms with Gasteiger partial charge >= 0.3 is 0 Å². The number of methoxy groups -OCH3 is 1. The van der Waals surface area contributed by atoms with E-state index in [0.29, 0.717) is 5.92 Å². The predicted molar refractivity (Wildman–Crippen MR) is 79.7 cm³/mol. The highest BCUT2D eigenvalue weighted by atomic mass is 16.5. The van der Waals surface area contributed by atoms with Crippen LogP contribution < -0.4 is 4.74 Å². The van der Waals surface area contributed by atoms with Crippen LogP contribution in [0.25, 0.3) is 0 Å². The van der Waals surface area contributed by atoms with E-state index in [2.05, 4.69) is 53.3 Å². The first-order valence-corrected chi connectivity index (χ1v) is 6.61. The van der Waals surface area contributed by atoms with Crippen molar-refractivity contribution in [2.45, 2.75) is 52.4 Å². The number of ether oxygens (including phenoxy) is 1. The van der Waals surface area contributed by atoms with Crippen molar-refractivity contribution in [2.24, 2.45) is 0 Å². The Morgan fingerprint density at radius 2 is 1.94 bits per heavy atom. The fraction of sp³-hybridized carbons (Fsp3) is 0.529. The van der Waals surface area contributed by atoms with Gasteiger partial charge in [0.2, 0.25) is 0 Å². The zero-order valence-electron chi connectivity index (χ0n) is 12.6. The molecule has 0 bridgehead atoms. The summed E-state index contributed by atoms with van der Waals surface area (Å²) >= 11 is 0. The quantitative estimate of drug-likeness (QED) is 0.681. The van der Waals surface area contributed by atoms with Gasteiger partial charge in [-0.25, -0.2) is 0 Å². The first-order chi connectivity index (χ1) is 8.31. The van der Waals surface area contributed by atoms with Crippen molar-refractivity contribution in [2.75, 3.05) is 7.11 Å². The average Bonchev–Trinajstić information content (AvgIpc) is 2.27. The van der Waals surface area contributed by atoms with Crippen molar-refractivity contribution in [1.82, 2.24) is 0 Å². The molecule has 0 amide bonds. The smallest absolute Gasteiger partial charge is 0.126 e. The molecule has 0 aliphatic carbocycles. The van der Waals surface area contributed by atoms with Crippen molar-refractivity contribution in [3.05, 3.63) is 41.5 Å². The van der Waals surface area contributed by atoms with E-state index >= 15 is 0 Å². The molecule has 0 radical (unpaired) electrons. The molecule has 0 aliphatic rings. The van der Waals surface area contributed by atoms with Gasteiger partial charge in [0.05, 0.1) is 7.11 Å². The van der Waals surface area contributed by atoms with E-state index in [1.165, 1.54) is 16.7 Å². The first kappa shape index (κ1) is 14.8. The minimum absolute atomic E-state index is 0.0972. The molecule has 1 aromatic carbocycles. The van der Waals surface area contributed by atoms with Crippen molar-refractivity contribution < 1.29 is 4.74 Å². The largest absolute Gasteiger partial charge is 0.496 e. The summed E-state index contributed by atoms with van der Waals surface area (Å²) in [7, 11) is 1.77. The van der Waals surface area contributed by atoms with E-state index in [0.717, 1.165) is 12.2 Å². The van der Waals surface area contributed by atoms with Gasteiger partial charge in [0, 0.05) is 5.56 Å². The Kier molecular flexibility index (Phi) is 4.61. The van der Waals surface area contributed by atoms with Crippen molar-refractivity contribution >= 4 is 0 Å². The molecule has 1 heteroatoms. The van der Waals surface area contributed by atoms with E-state index in [9.17, 15) is 0 Å². The number of benzene rings is 1. The Morgan fingerprint density at radius 3 is 2.39 bits per heavy atom. The summed E-state index contributed by atoms with van der Waals surface area (Å²) in [5.74, 6) is 1.49. The summed E-state index contributed by atoms with van der Waals surface area (Å²) in [4.78, 5) is 0. The number of allylic oxidation sites excluding steroid dienone is 1. The van der Waals surface area contributed by atoms with Crippen LogP contribution in [0.15, 0.2) is 24.8 Å². The third-order valence-electron chi connectivity index (χ3n) is 3.33. The van der Waals surface area contributed by atoms with Gasteiger partial charge in [0.1, 0.15) is 5.75 Å². The molecule has 0 aromatic heterocycles. The molecule has 0 N–H and O–H groups in total. The summed E-state index contributed by atoms with van der Waals surface area (Å²) in [5.41, 5.74) is 3.98. The maximum atomic E-state index is 5.69. The molecule has 100 valence electrons. The summed E-state index contributed by atoms with van der Waals surface area (Å²) in [6, 6.07) is 4.48. The van der Waals surface area contributed by atoms with Gasteiger partial charge in [-0.15, -0.1) is 6.58 Å². The SMILES string of the molecule is C=CCC(C)c1cc(C)cc(C(C)(C)C)c1OC. The Hall–Kier alpha value is -1.24. The Labute approximate surface area is 112 Å². The lowest BCUT2D eigenvalue weighted by molar-refractivity contribution is 0.389. The lowest BCUT2D eigenvalue weighted by Crippen LogP contribution is -2.15.